The smallest absolute Gasteiger partial charge is 0.352 e. The van der Waals surface area contributed by atoms with E-state index < -0.39 is 29.2 Å². The van der Waals surface area contributed by atoms with Gasteiger partial charge in [-0.2, -0.15) is 9.36 Å². The van der Waals surface area contributed by atoms with Gasteiger partial charge in [0.25, 0.3) is 11.8 Å². The van der Waals surface area contributed by atoms with Crippen molar-refractivity contribution in [2.45, 2.75) is 18.3 Å². The summed E-state index contributed by atoms with van der Waals surface area (Å²) in [6, 6.07) is -0.955. The Balaban J connectivity index is 1.27. The molecule has 2 atom stereocenters. The number of fused-ring (bicyclic) bond motifs is 2. The quantitative estimate of drug-likeness (QED) is 0.180. The first-order valence-corrected chi connectivity index (χ1v) is 14.2. The maximum absolute atomic E-state index is 13.0. The number of amides is 2. The van der Waals surface area contributed by atoms with E-state index in [9.17, 15) is 19.5 Å². The number of aromatic nitrogens is 2. The number of rotatable bonds is 9. The number of β-lactam (4-membered cyclic amide) rings is 1. The van der Waals surface area contributed by atoms with Crippen molar-refractivity contribution in [1.82, 2.24) is 34.9 Å². The maximum Gasteiger partial charge on any atom is 0.352 e. The highest BCUT2D eigenvalue weighted by atomic mass is 32.2. The number of carbonyl (C=O) groups excluding carboxylic acids is 2. The van der Waals surface area contributed by atoms with Crippen molar-refractivity contribution >= 4 is 63.7 Å². The van der Waals surface area contributed by atoms with Gasteiger partial charge in [-0.1, -0.05) is 16.9 Å². The van der Waals surface area contributed by atoms with E-state index in [4.69, 9.17) is 10.6 Å². The summed E-state index contributed by atoms with van der Waals surface area (Å²) in [7, 11) is 1.94. The van der Waals surface area contributed by atoms with Crippen molar-refractivity contribution in [3.05, 3.63) is 64.0 Å². The molecule has 0 saturated carbocycles. The fourth-order valence-corrected chi connectivity index (χ4v) is 6.40. The molecular weight excluding hydrogens is 567 g/mol. The molecule has 39 heavy (non-hydrogen) atoms. The van der Waals surface area contributed by atoms with Crippen LogP contribution in [0.2, 0.25) is 0 Å². The van der Waals surface area contributed by atoms with Crippen LogP contribution in [0.25, 0.3) is 0 Å². The van der Waals surface area contributed by atoms with E-state index in [0.717, 1.165) is 22.4 Å². The molecule has 5 heterocycles. The normalized spacial score (nSPS) is 22.3. The van der Waals surface area contributed by atoms with Gasteiger partial charge in [-0.05, 0) is 36.1 Å². The molecule has 4 aliphatic heterocycles. The molecule has 1 fully saturated rings. The molecule has 0 radical (unpaired) electrons. The summed E-state index contributed by atoms with van der Waals surface area (Å²) in [5, 5.41) is 20.4. The molecule has 4 aliphatic rings. The van der Waals surface area contributed by atoms with Crippen LogP contribution >= 0.6 is 35.1 Å². The number of nitrogens with zero attached hydrogens (tertiary/aromatic N) is 6. The summed E-state index contributed by atoms with van der Waals surface area (Å²) in [6.07, 6.45) is 9.40. The van der Waals surface area contributed by atoms with Crippen molar-refractivity contribution < 1.29 is 24.3 Å². The van der Waals surface area contributed by atoms with Crippen molar-refractivity contribution in [2.24, 2.45) is 5.16 Å². The van der Waals surface area contributed by atoms with Crippen LogP contribution in [0.15, 0.2) is 63.3 Å². The number of aliphatic carboxylic acids is 1. The Bertz CT molecular complexity index is 1400. The zero-order valence-corrected chi connectivity index (χ0v) is 23.0. The van der Waals surface area contributed by atoms with Crippen LogP contribution in [0.4, 0.5) is 5.13 Å². The SMILES string of the molecule is CCO/N=C(\C(=O)N[C@@H]1C(=O)N2C(C(=O)O)=C(/C=C/SC3=CC=C4N(C)C=CN4N3)CS[C@@H]12)c1nsc(N)n1. The number of nitrogen functional groups attached to an aromatic ring is 1. The zero-order chi connectivity index (χ0) is 27.7. The van der Waals surface area contributed by atoms with Gasteiger partial charge in [0, 0.05) is 36.7 Å². The summed E-state index contributed by atoms with van der Waals surface area (Å²) >= 11 is 3.62. The molecule has 1 aromatic rings. The molecule has 17 heteroatoms. The van der Waals surface area contributed by atoms with Gasteiger partial charge in [-0.15, -0.1) is 11.8 Å². The van der Waals surface area contributed by atoms with Crippen molar-refractivity contribution in [2.75, 3.05) is 25.1 Å². The number of carbonyl (C=O) groups is 3. The Morgan fingerprint density at radius 3 is 2.95 bits per heavy atom. The summed E-state index contributed by atoms with van der Waals surface area (Å²) < 4.78 is 3.99. The molecule has 0 aromatic carbocycles. The second kappa shape index (κ2) is 11.0. The number of hydrazine groups is 1. The van der Waals surface area contributed by atoms with Gasteiger partial charge in [-0.25, -0.2) is 9.80 Å². The van der Waals surface area contributed by atoms with Gasteiger partial charge < -0.3 is 25.9 Å². The minimum Gasteiger partial charge on any atom is -0.477 e. The van der Waals surface area contributed by atoms with E-state index in [1.54, 1.807) is 18.4 Å². The monoisotopic (exact) mass is 589 g/mol. The van der Waals surface area contributed by atoms with E-state index in [1.807, 2.05) is 41.5 Å². The van der Waals surface area contributed by atoms with Crippen LogP contribution in [-0.2, 0) is 19.2 Å². The average Bonchev–Trinajstić information content (AvgIpc) is 3.51. The van der Waals surface area contributed by atoms with Crippen LogP contribution in [0.3, 0.4) is 0 Å². The zero-order valence-electron chi connectivity index (χ0n) is 20.6. The largest absolute Gasteiger partial charge is 0.477 e. The van der Waals surface area contributed by atoms with E-state index in [1.165, 1.54) is 28.4 Å². The number of nitrogens with one attached hydrogen (secondary N) is 2. The molecule has 204 valence electrons. The Hall–Kier alpha value is -3.96. The van der Waals surface area contributed by atoms with Crippen LogP contribution < -0.4 is 16.5 Å². The van der Waals surface area contributed by atoms with Gasteiger partial charge >= 0.3 is 5.97 Å². The third kappa shape index (κ3) is 5.19. The number of thioether (sulfide) groups is 2. The topological polar surface area (TPSA) is 179 Å². The summed E-state index contributed by atoms with van der Waals surface area (Å²) in [5.41, 5.74) is 9.02. The first-order valence-electron chi connectivity index (χ1n) is 11.5. The fraction of sp³-hybridized carbons (Fsp3) is 0.273. The van der Waals surface area contributed by atoms with E-state index in [0.29, 0.717) is 11.3 Å². The highest BCUT2D eigenvalue weighted by Gasteiger charge is 2.54. The number of anilines is 1. The van der Waals surface area contributed by atoms with Crippen LogP contribution in [0.1, 0.15) is 12.7 Å². The molecule has 14 nitrogen and oxygen atoms in total. The lowest BCUT2D eigenvalue weighted by Gasteiger charge is -2.49. The van der Waals surface area contributed by atoms with Crippen molar-refractivity contribution in [1.29, 1.82) is 0 Å². The van der Waals surface area contributed by atoms with E-state index in [2.05, 4.69) is 25.3 Å². The lowest BCUT2D eigenvalue weighted by atomic mass is 10.0. The van der Waals surface area contributed by atoms with Crippen LogP contribution in [0, 0.1) is 0 Å². The van der Waals surface area contributed by atoms with Crippen LogP contribution in [-0.4, -0.2) is 83.6 Å². The van der Waals surface area contributed by atoms with Gasteiger partial charge in [0.2, 0.25) is 11.5 Å². The number of oxime groups is 1. The minimum atomic E-state index is -1.23. The number of carboxylic acids is 1. The predicted molar refractivity (Wildman–Crippen MR) is 147 cm³/mol. The molecule has 0 aliphatic carbocycles. The first kappa shape index (κ1) is 26.6. The van der Waals surface area contributed by atoms with Gasteiger partial charge in [-0.3, -0.25) is 19.9 Å². The maximum atomic E-state index is 13.0. The van der Waals surface area contributed by atoms with Crippen LogP contribution in [0.5, 0.6) is 0 Å². The fourth-order valence-electron chi connectivity index (χ4n) is 3.97. The standard InChI is InChI=1S/C22H23N9O5S3/c1-3-36-27-14(17-25-22(23)39-28-17)18(32)24-15-19(33)31-16(21(34)35)11(10-38-20(15)31)6-9-37-12-4-5-13-29(2)7-8-30(13)26-12/h4-9,15,20,26H,3,10H2,1-2H3,(H,24,32)(H,34,35)(H2,23,25,28)/b9-6+,27-14-/t15-,20+/m1/s1. The first-order chi connectivity index (χ1) is 18.8. The Morgan fingerprint density at radius 1 is 1.41 bits per heavy atom. The highest BCUT2D eigenvalue weighted by Crippen LogP contribution is 2.41. The number of hydrogen-bond donors (Lipinski definition) is 4. The summed E-state index contributed by atoms with van der Waals surface area (Å²) in [4.78, 5) is 50.3. The Labute approximate surface area is 235 Å². The summed E-state index contributed by atoms with van der Waals surface area (Å²) in [6.45, 7) is 1.89. The third-order valence-corrected chi connectivity index (χ3v) is 8.36. The number of carboxylic acid groups (broad SMARTS) is 1. The molecule has 0 bridgehead atoms. The second-order valence-corrected chi connectivity index (χ2v) is 11.1. The number of hydrogen-bond acceptors (Lipinski definition) is 14. The van der Waals surface area contributed by atoms with Gasteiger partial charge in [0.1, 0.15) is 29.5 Å². The molecule has 5 N–H and O–H groups in total. The summed E-state index contributed by atoms with van der Waals surface area (Å²) in [5.74, 6) is -1.21. The van der Waals surface area contributed by atoms with Gasteiger partial charge in [0.05, 0.1) is 5.03 Å². The molecule has 0 spiro atoms. The van der Waals surface area contributed by atoms with Crippen molar-refractivity contribution in [3.8, 4) is 0 Å². The minimum absolute atomic E-state index is 0.0264. The lowest BCUT2D eigenvalue weighted by Crippen LogP contribution is -2.71. The Morgan fingerprint density at radius 2 is 2.23 bits per heavy atom. The Kier molecular flexibility index (Phi) is 7.53. The lowest BCUT2D eigenvalue weighted by molar-refractivity contribution is -0.150. The third-order valence-electron chi connectivity index (χ3n) is 5.77. The van der Waals surface area contributed by atoms with Crippen molar-refractivity contribution in [3.63, 3.8) is 0 Å². The molecule has 0 unspecified atom stereocenters. The molecule has 1 aromatic heterocycles. The predicted octanol–water partition coefficient (Wildman–Crippen LogP) is 0.766. The second-order valence-electron chi connectivity index (χ2n) is 8.22. The number of nitrogens with two attached hydrogens (primary N) is 1. The van der Waals surface area contributed by atoms with E-state index >= 15 is 0 Å². The molecule has 2 amide bonds. The molecule has 1 saturated heterocycles. The average molecular weight is 590 g/mol. The highest BCUT2D eigenvalue weighted by molar-refractivity contribution is 8.05. The number of allylic oxidation sites excluding steroid dienone is 3. The molecule has 5 rings (SSSR count). The van der Waals surface area contributed by atoms with Gasteiger partial charge in [0.15, 0.2) is 5.13 Å². The molecular formula is C22H23N9O5S3. The van der Waals surface area contributed by atoms with E-state index in [-0.39, 0.29) is 29.0 Å².